The van der Waals surface area contributed by atoms with Gasteiger partial charge in [0.15, 0.2) is 5.17 Å². The molecule has 0 radical (unpaired) electrons. The molecule has 0 saturated carbocycles. The molecular weight excluding hydrogens is 282 g/mol. The summed E-state index contributed by atoms with van der Waals surface area (Å²) in [4.78, 5) is 25.2. The lowest BCUT2D eigenvalue weighted by Crippen LogP contribution is -2.38. The number of urea groups is 1. The molecule has 0 aliphatic rings. The smallest absolute Gasteiger partial charge is 0.433 e. The minimum Gasteiger partial charge on any atom is -0.497 e. The summed E-state index contributed by atoms with van der Waals surface area (Å²) >= 11 is 1.03. The highest BCUT2D eigenvalue weighted by molar-refractivity contribution is 8.13. The van der Waals surface area contributed by atoms with Crippen LogP contribution in [0.3, 0.4) is 0 Å². The van der Waals surface area contributed by atoms with E-state index in [0.29, 0.717) is 6.54 Å². The normalized spacial score (nSPS) is 10.8. The van der Waals surface area contributed by atoms with E-state index in [9.17, 15) is 9.59 Å². The van der Waals surface area contributed by atoms with Gasteiger partial charge < -0.3 is 15.2 Å². The quantitative estimate of drug-likeness (QED) is 0.584. The number of amidine groups is 1. The van der Waals surface area contributed by atoms with Gasteiger partial charge in [0.05, 0.1) is 7.11 Å². The molecule has 20 heavy (non-hydrogen) atoms. The minimum absolute atomic E-state index is 0.0183. The molecule has 1 rings (SSSR count). The first-order chi connectivity index (χ1) is 9.55. The number of hydrogen-bond donors (Lipinski definition) is 3. The first-order valence-corrected chi connectivity index (χ1v) is 6.81. The van der Waals surface area contributed by atoms with Crippen molar-refractivity contribution in [2.24, 2.45) is 4.99 Å². The van der Waals surface area contributed by atoms with Crippen molar-refractivity contribution in [2.75, 3.05) is 13.4 Å². The van der Waals surface area contributed by atoms with Gasteiger partial charge >= 0.3 is 12.1 Å². The number of methoxy groups -OCH3 is 1. The van der Waals surface area contributed by atoms with Gasteiger partial charge in [-0.15, -0.1) is 0 Å². The van der Waals surface area contributed by atoms with E-state index in [1.165, 1.54) is 0 Å². The Morgan fingerprint density at radius 3 is 2.50 bits per heavy atom. The largest absolute Gasteiger partial charge is 0.497 e. The summed E-state index contributed by atoms with van der Waals surface area (Å²) in [7, 11) is 1.58. The van der Waals surface area contributed by atoms with Gasteiger partial charge in [0.25, 0.3) is 0 Å². The van der Waals surface area contributed by atoms with E-state index in [-0.39, 0.29) is 5.17 Å². The zero-order valence-electron chi connectivity index (χ0n) is 11.0. The summed E-state index contributed by atoms with van der Waals surface area (Å²) < 4.78 is 5.03. The van der Waals surface area contributed by atoms with Crippen molar-refractivity contribution in [1.82, 2.24) is 10.6 Å². The lowest BCUT2D eigenvalue weighted by atomic mass is 10.2. The van der Waals surface area contributed by atoms with Crippen LogP contribution in [0.5, 0.6) is 5.75 Å². The Bertz CT molecular complexity index is 502. The van der Waals surface area contributed by atoms with Crippen molar-refractivity contribution in [3.8, 4) is 5.75 Å². The predicted octanol–water partition coefficient (Wildman–Crippen LogP) is 1.89. The van der Waals surface area contributed by atoms with Crippen LogP contribution in [0.15, 0.2) is 29.3 Å². The molecule has 8 heteroatoms. The van der Waals surface area contributed by atoms with Crippen LogP contribution in [0.2, 0.25) is 0 Å². The number of amides is 3. The van der Waals surface area contributed by atoms with Gasteiger partial charge in [-0.05, 0) is 24.0 Å². The number of thioether (sulfide) groups is 1. The number of carbonyl (C=O) groups is 2. The number of aliphatic imine (C=N–C) groups is 1. The van der Waals surface area contributed by atoms with Crippen molar-refractivity contribution < 1.29 is 19.4 Å². The molecule has 0 atom stereocenters. The maximum atomic E-state index is 11.6. The minimum atomic E-state index is -1.36. The Labute approximate surface area is 120 Å². The van der Waals surface area contributed by atoms with Crippen LogP contribution in [-0.2, 0) is 6.54 Å². The Morgan fingerprint density at radius 2 is 2.00 bits per heavy atom. The summed E-state index contributed by atoms with van der Waals surface area (Å²) in [6.07, 6.45) is 0.260. The van der Waals surface area contributed by atoms with Crippen LogP contribution in [0, 0.1) is 0 Å². The number of nitrogens with one attached hydrogen (secondary N) is 2. The molecule has 0 aliphatic carbocycles. The molecular formula is C12H15N3O4S. The second-order valence-corrected chi connectivity index (χ2v) is 4.35. The van der Waals surface area contributed by atoms with Crippen molar-refractivity contribution in [2.45, 2.75) is 6.54 Å². The Balaban J connectivity index is 2.48. The highest BCUT2D eigenvalue weighted by Gasteiger charge is 2.06. The molecule has 0 bridgehead atoms. The maximum absolute atomic E-state index is 11.6. The third kappa shape index (κ3) is 5.61. The number of hydrogen-bond acceptors (Lipinski definition) is 4. The van der Waals surface area contributed by atoms with Gasteiger partial charge in [-0.25, -0.2) is 9.59 Å². The van der Waals surface area contributed by atoms with Gasteiger partial charge in [0.2, 0.25) is 0 Å². The molecule has 0 saturated heterocycles. The average molecular weight is 297 g/mol. The lowest BCUT2D eigenvalue weighted by molar-refractivity contribution is 0.206. The van der Waals surface area contributed by atoms with Crippen LogP contribution in [0.4, 0.5) is 9.59 Å². The Kier molecular flexibility index (Phi) is 6.38. The molecule has 7 nitrogen and oxygen atoms in total. The van der Waals surface area contributed by atoms with Crippen LogP contribution in [0.1, 0.15) is 5.56 Å². The third-order valence-corrected chi connectivity index (χ3v) is 2.80. The molecule has 0 spiro atoms. The zero-order valence-corrected chi connectivity index (χ0v) is 11.9. The molecule has 0 aliphatic heterocycles. The van der Waals surface area contributed by atoms with Crippen LogP contribution >= 0.6 is 11.8 Å². The SMILES string of the molecule is COc1ccc(CNC(=O)N/C(=N/C(=O)O)SC)cc1. The van der Waals surface area contributed by atoms with Crippen molar-refractivity contribution in [1.29, 1.82) is 0 Å². The molecule has 108 valence electrons. The third-order valence-electron chi connectivity index (χ3n) is 2.22. The molecule has 3 amide bonds. The fraction of sp³-hybridized carbons (Fsp3) is 0.250. The summed E-state index contributed by atoms with van der Waals surface area (Å²) in [5.74, 6) is 0.733. The lowest BCUT2D eigenvalue weighted by Gasteiger charge is -2.08. The molecule has 0 aromatic heterocycles. The van der Waals surface area contributed by atoms with E-state index in [4.69, 9.17) is 9.84 Å². The molecule has 0 heterocycles. The van der Waals surface area contributed by atoms with Crippen LogP contribution in [-0.4, -0.2) is 35.8 Å². The van der Waals surface area contributed by atoms with Gasteiger partial charge in [-0.1, -0.05) is 23.9 Å². The fourth-order valence-corrected chi connectivity index (χ4v) is 1.64. The standard InChI is InChI=1S/C12H15N3O4S/c1-19-9-5-3-8(4-6-9)7-13-10(16)14-11(20-2)15-12(17)18/h3-6H,7H2,1-2H3,(H,17,18)(H2,13,14,15,16). The summed E-state index contributed by atoms with van der Waals surface area (Å²) in [5, 5.41) is 13.5. The summed E-state index contributed by atoms with van der Waals surface area (Å²) in [6, 6.07) is 6.69. The monoisotopic (exact) mass is 297 g/mol. The van der Waals surface area contributed by atoms with E-state index in [1.54, 1.807) is 25.5 Å². The van der Waals surface area contributed by atoms with E-state index < -0.39 is 12.1 Å². The molecule has 0 unspecified atom stereocenters. The number of nitrogens with zero attached hydrogens (tertiary/aromatic N) is 1. The number of rotatable bonds is 3. The van der Waals surface area contributed by atoms with Crippen molar-refractivity contribution >= 4 is 29.1 Å². The highest BCUT2D eigenvalue weighted by atomic mass is 32.2. The Hall–Kier alpha value is -2.22. The molecule has 1 aromatic carbocycles. The van der Waals surface area contributed by atoms with Gasteiger partial charge in [0.1, 0.15) is 5.75 Å². The predicted molar refractivity (Wildman–Crippen MR) is 77.3 cm³/mol. The first kappa shape index (κ1) is 15.8. The van der Waals surface area contributed by atoms with Crippen molar-refractivity contribution in [3.05, 3.63) is 29.8 Å². The topological polar surface area (TPSA) is 100 Å². The molecule has 0 fully saturated rings. The number of ether oxygens (including phenoxy) is 1. The summed E-state index contributed by atoms with van der Waals surface area (Å²) in [5.41, 5.74) is 0.891. The van der Waals surface area contributed by atoms with Gasteiger partial charge in [0, 0.05) is 6.54 Å². The Morgan fingerprint density at radius 1 is 1.35 bits per heavy atom. The first-order valence-electron chi connectivity index (χ1n) is 5.58. The van der Waals surface area contributed by atoms with Crippen LogP contribution in [0.25, 0.3) is 0 Å². The van der Waals surface area contributed by atoms with E-state index in [1.807, 2.05) is 12.1 Å². The van der Waals surface area contributed by atoms with Gasteiger partial charge in [-0.3, -0.25) is 5.32 Å². The second-order valence-electron chi connectivity index (χ2n) is 3.56. The number of benzene rings is 1. The fourth-order valence-electron chi connectivity index (χ4n) is 1.28. The van der Waals surface area contributed by atoms with E-state index >= 15 is 0 Å². The average Bonchev–Trinajstić information content (AvgIpc) is 2.44. The molecule has 3 N–H and O–H groups in total. The number of carbonyl (C=O) groups excluding carboxylic acids is 1. The van der Waals surface area contributed by atoms with E-state index in [2.05, 4.69) is 15.6 Å². The summed E-state index contributed by atoms with van der Waals surface area (Å²) in [6.45, 7) is 0.310. The molecule has 1 aromatic rings. The second kappa shape index (κ2) is 8.05. The highest BCUT2D eigenvalue weighted by Crippen LogP contribution is 2.10. The van der Waals surface area contributed by atoms with Crippen molar-refractivity contribution in [3.63, 3.8) is 0 Å². The van der Waals surface area contributed by atoms with Crippen LogP contribution < -0.4 is 15.4 Å². The maximum Gasteiger partial charge on any atom is 0.433 e. The van der Waals surface area contributed by atoms with Gasteiger partial charge in [-0.2, -0.15) is 4.99 Å². The number of carboxylic acid groups (broad SMARTS) is 1. The van der Waals surface area contributed by atoms with E-state index in [0.717, 1.165) is 23.1 Å². The zero-order chi connectivity index (χ0) is 15.0.